The van der Waals surface area contributed by atoms with Gasteiger partial charge in [0.05, 0.1) is 22.5 Å². The number of aryl methyl sites for hydroxylation is 2. The van der Waals surface area contributed by atoms with Gasteiger partial charge < -0.3 is 9.80 Å². The second kappa shape index (κ2) is 8.35. The van der Waals surface area contributed by atoms with Gasteiger partial charge in [-0.1, -0.05) is 41.2 Å². The maximum atomic E-state index is 13.4. The van der Waals surface area contributed by atoms with Gasteiger partial charge in [-0.3, -0.25) is 4.79 Å². The fraction of sp³-hybridized carbons (Fsp3) is 0.292. The number of anilines is 1. The number of hydrogen-bond acceptors (Lipinski definition) is 5. The molecule has 1 aliphatic heterocycles. The number of hydrogen-bond donors (Lipinski definition) is 0. The highest BCUT2D eigenvalue weighted by Gasteiger charge is 2.25. The van der Waals surface area contributed by atoms with E-state index in [1.807, 2.05) is 16.5 Å². The first-order chi connectivity index (χ1) is 15.5. The van der Waals surface area contributed by atoms with Crippen molar-refractivity contribution in [3.8, 4) is 5.69 Å². The SMILES string of the molecule is Cc1ccc(-n2nc(C)c3sc(N4CCN(C(=O)Cc5cccc(F)c5)CC4)nc32)cc1. The molecule has 5 rings (SSSR count). The Bertz CT molecular complexity index is 1270. The minimum absolute atomic E-state index is 0.0328. The van der Waals surface area contributed by atoms with Crippen molar-refractivity contribution < 1.29 is 9.18 Å². The second-order valence-electron chi connectivity index (χ2n) is 8.16. The van der Waals surface area contributed by atoms with Crippen LogP contribution in [-0.4, -0.2) is 51.8 Å². The third-order valence-electron chi connectivity index (χ3n) is 5.80. The van der Waals surface area contributed by atoms with Gasteiger partial charge in [0.2, 0.25) is 5.91 Å². The van der Waals surface area contributed by atoms with Crippen LogP contribution in [0.5, 0.6) is 0 Å². The Balaban J connectivity index is 1.29. The fourth-order valence-corrected chi connectivity index (χ4v) is 5.04. The molecule has 0 saturated carbocycles. The van der Waals surface area contributed by atoms with E-state index < -0.39 is 0 Å². The summed E-state index contributed by atoms with van der Waals surface area (Å²) in [5.74, 6) is -0.277. The van der Waals surface area contributed by atoms with Crippen LogP contribution in [0.2, 0.25) is 0 Å². The quantitative estimate of drug-likeness (QED) is 0.470. The Morgan fingerprint density at radius 2 is 1.81 bits per heavy atom. The van der Waals surface area contributed by atoms with E-state index in [2.05, 4.69) is 41.2 Å². The topological polar surface area (TPSA) is 54.3 Å². The summed E-state index contributed by atoms with van der Waals surface area (Å²) in [5, 5.41) is 5.64. The van der Waals surface area contributed by atoms with Crippen LogP contribution in [0.25, 0.3) is 16.0 Å². The molecule has 0 atom stereocenters. The molecule has 0 aliphatic carbocycles. The lowest BCUT2D eigenvalue weighted by molar-refractivity contribution is -0.130. The standard InChI is InChI=1S/C24H24FN5OS/c1-16-6-8-20(9-7-16)30-23-22(17(2)27-30)32-24(26-23)29-12-10-28(11-13-29)21(31)15-18-4-3-5-19(25)14-18/h3-9,14H,10-13,15H2,1-2H3. The maximum Gasteiger partial charge on any atom is 0.227 e. The van der Waals surface area contributed by atoms with Gasteiger partial charge in [0, 0.05) is 26.2 Å². The van der Waals surface area contributed by atoms with Crippen molar-refractivity contribution in [2.45, 2.75) is 20.3 Å². The number of carbonyl (C=O) groups is 1. The average molecular weight is 450 g/mol. The van der Waals surface area contributed by atoms with Crippen LogP contribution in [0.4, 0.5) is 9.52 Å². The summed E-state index contributed by atoms with van der Waals surface area (Å²) in [6, 6.07) is 14.5. The summed E-state index contributed by atoms with van der Waals surface area (Å²) < 4.78 is 16.4. The second-order valence-corrected chi connectivity index (χ2v) is 9.13. The van der Waals surface area contributed by atoms with Gasteiger partial charge in [-0.2, -0.15) is 10.1 Å². The molecule has 1 aliphatic rings. The summed E-state index contributed by atoms with van der Waals surface area (Å²) in [6.07, 6.45) is 0.227. The van der Waals surface area contributed by atoms with Crippen molar-refractivity contribution in [2.75, 3.05) is 31.1 Å². The van der Waals surface area contributed by atoms with E-state index in [0.29, 0.717) is 18.7 Å². The minimum atomic E-state index is -0.310. The Hall–Kier alpha value is -3.26. The summed E-state index contributed by atoms with van der Waals surface area (Å²) in [5.41, 5.74) is 4.75. The molecule has 164 valence electrons. The number of thiazole rings is 1. The Kier molecular flexibility index (Phi) is 5.38. The van der Waals surface area contributed by atoms with Crippen LogP contribution in [0.3, 0.4) is 0 Å². The molecule has 1 amide bonds. The number of amides is 1. The van der Waals surface area contributed by atoms with E-state index in [9.17, 15) is 9.18 Å². The van der Waals surface area contributed by atoms with Crippen LogP contribution in [0, 0.1) is 19.7 Å². The molecule has 3 heterocycles. The van der Waals surface area contributed by atoms with Crippen LogP contribution >= 0.6 is 11.3 Å². The highest BCUT2D eigenvalue weighted by molar-refractivity contribution is 7.22. The molecule has 1 saturated heterocycles. The van der Waals surface area contributed by atoms with Gasteiger partial charge in [-0.25, -0.2) is 9.07 Å². The van der Waals surface area contributed by atoms with Crippen LogP contribution < -0.4 is 4.90 Å². The smallest absolute Gasteiger partial charge is 0.227 e. The zero-order valence-corrected chi connectivity index (χ0v) is 18.9. The predicted molar refractivity (Wildman–Crippen MR) is 125 cm³/mol. The van der Waals surface area contributed by atoms with Gasteiger partial charge >= 0.3 is 0 Å². The molecule has 4 aromatic rings. The molecule has 0 radical (unpaired) electrons. The molecular formula is C24H24FN5OS. The first-order valence-corrected chi connectivity index (χ1v) is 11.5. The minimum Gasteiger partial charge on any atom is -0.344 e. The van der Waals surface area contributed by atoms with E-state index in [4.69, 9.17) is 4.98 Å². The third-order valence-corrected chi connectivity index (χ3v) is 7.02. The van der Waals surface area contributed by atoms with Gasteiger partial charge in [0.25, 0.3) is 0 Å². The van der Waals surface area contributed by atoms with Crippen LogP contribution in [0.15, 0.2) is 48.5 Å². The van der Waals surface area contributed by atoms with Crippen molar-refractivity contribution in [3.05, 3.63) is 71.2 Å². The highest BCUT2D eigenvalue weighted by Crippen LogP contribution is 2.33. The predicted octanol–water partition coefficient (Wildman–Crippen LogP) is 4.13. The summed E-state index contributed by atoms with van der Waals surface area (Å²) in [6.45, 7) is 6.79. The monoisotopic (exact) mass is 449 g/mol. The number of benzene rings is 2. The van der Waals surface area contributed by atoms with Crippen molar-refractivity contribution in [2.24, 2.45) is 0 Å². The average Bonchev–Trinajstić information content (AvgIpc) is 3.35. The zero-order valence-electron chi connectivity index (χ0n) is 18.1. The molecule has 2 aromatic heterocycles. The van der Waals surface area contributed by atoms with E-state index in [1.165, 1.54) is 17.7 Å². The van der Waals surface area contributed by atoms with E-state index in [-0.39, 0.29) is 18.1 Å². The fourth-order valence-electron chi connectivity index (χ4n) is 4.00. The molecule has 0 N–H and O–H groups in total. The van der Waals surface area contributed by atoms with Crippen molar-refractivity contribution in [1.82, 2.24) is 19.7 Å². The Labute approximate surface area is 189 Å². The first-order valence-electron chi connectivity index (χ1n) is 10.7. The molecular weight excluding hydrogens is 425 g/mol. The summed E-state index contributed by atoms with van der Waals surface area (Å²) in [4.78, 5) is 21.6. The first kappa shape index (κ1) is 20.6. The lowest BCUT2D eigenvalue weighted by atomic mass is 10.1. The Morgan fingerprint density at radius 3 is 2.53 bits per heavy atom. The van der Waals surface area contributed by atoms with E-state index >= 15 is 0 Å². The molecule has 2 aromatic carbocycles. The van der Waals surface area contributed by atoms with Crippen molar-refractivity contribution >= 4 is 32.7 Å². The Morgan fingerprint density at radius 1 is 1.06 bits per heavy atom. The molecule has 0 bridgehead atoms. The number of fused-ring (bicyclic) bond motifs is 1. The van der Waals surface area contributed by atoms with E-state index in [0.717, 1.165) is 39.9 Å². The third kappa shape index (κ3) is 3.98. The largest absolute Gasteiger partial charge is 0.344 e. The van der Waals surface area contributed by atoms with E-state index in [1.54, 1.807) is 23.5 Å². The number of carbonyl (C=O) groups excluding carboxylic acids is 1. The van der Waals surface area contributed by atoms with Gasteiger partial charge in [-0.05, 0) is 43.7 Å². The molecule has 0 spiro atoms. The zero-order chi connectivity index (χ0) is 22.2. The number of nitrogens with zero attached hydrogens (tertiary/aromatic N) is 5. The molecule has 32 heavy (non-hydrogen) atoms. The van der Waals surface area contributed by atoms with Gasteiger partial charge in [0.1, 0.15) is 5.82 Å². The molecule has 1 fully saturated rings. The normalized spacial score (nSPS) is 14.3. The number of rotatable bonds is 4. The number of halogens is 1. The summed E-state index contributed by atoms with van der Waals surface area (Å²) in [7, 11) is 0. The maximum absolute atomic E-state index is 13.4. The lowest BCUT2D eigenvalue weighted by Gasteiger charge is -2.34. The van der Waals surface area contributed by atoms with Gasteiger partial charge in [0.15, 0.2) is 10.8 Å². The number of piperazine rings is 1. The molecule has 8 heteroatoms. The van der Waals surface area contributed by atoms with Crippen molar-refractivity contribution in [3.63, 3.8) is 0 Å². The van der Waals surface area contributed by atoms with Crippen LogP contribution in [0.1, 0.15) is 16.8 Å². The van der Waals surface area contributed by atoms with Crippen LogP contribution in [-0.2, 0) is 11.2 Å². The van der Waals surface area contributed by atoms with Gasteiger partial charge in [-0.15, -0.1) is 0 Å². The molecule has 6 nitrogen and oxygen atoms in total. The highest BCUT2D eigenvalue weighted by atomic mass is 32.1. The summed E-state index contributed by atoms with van der Waals surface area (Å²) >= 11 is 1.65. The van der Waals surface area contributed by atoms with Crippen molar-refractivity contribution in [1.29, 1.82) is 0 Å². The number of aromatic nitrogens is 3. The molecule has 0 unspecified atom stereocenters. The lowest BCUT2D eigenvalue weighted by Crippen LogP contribution is -2.49.